The van der Waals surface area contributed by atoms with E-state index in [9.17, 15) is 19.7 Å². The van der Waals surface area contributed by atoms with Crippen molar-refractivity contribution in [2.45, 2.75) is 70.9 Å². The van der Waals surface area contributed by atoms with Crippen LogP contribution in [0.1, 0.15) is 74.7 Å². The fourth-order valence-electron chi connectivity index (χ4n) is 4.79. The summed E-state index contributed by atoms with van der Waals surface area (Å²) in [5.41, 5.74) is 1.91. The van der Waals surface area contributed by atoms with Crippen LogP contribution in [0.3, 0.4) is 0 Å². The van der Waals surface area contributed by atoms with Crippen LogP contribution in [0.25, 0.3) is 0 Å². The first-order valence-corrected chi connectivity index (χ1v) is 12.6. The number of esters is 2. The molecule has 1 fully saturated rings. The molecule has 0 amide bonds. The molecule has 0 bridgehead atoms. The van der Waals surface area contributed by atoms with Crippen molar-refractivity contribution in [3.63, 3.8) is 0 Å². The molecule has 1 saturated carbocycles. The van der Waals surface area contributed by atoms with Crippen molar-refractivity contribution in [2.24, 2.45) is 5.92 Å². The molecule has 0 aliphatic heterocycles. The molecule has 8 nitrogen and oxygen atoms in total. The molecule has 3 rings (SSSR count). The van der Waals surface area contributed by atoms with Crippen molar-refractivity contribution in [3.8, 4) is 0 Å². The number of carbonyl (C=O) groups excluding carboxylic acids is 2. The lowest BCUT2D eigenvalue weighted by molar-refractivity contribution is -0.384. The molecule has 194 valence electrons. The van der Waals surface area contributed by atoms with E-state index in [1.165, 1.54) is 7.11 Å². The molecule has 2 aromatic carbocycles. The average molecular weight is 497 g/mol. The Kier molecular flexibility index (Phi) is 9.44. The van der Waals surface area contributed by atoms with Crippen LogP contribution in [0.2, 0.25) is 0 Å². The quantitative estimate of drug-likeness (QED) is 0.230. The number of nitro groups is 1. The number of carbonyl (C=O) groups is 2. The van der Waals surface area contributed by atoms with Gasteiger partial charge in [0, 0.05) is 18.7 Å². The number of ether oxygens (including phenoxy) is 2. The Balaban J connectivity index is 1.76. The van der Waals surface area contributed by atoms with Crippen molar-refractivity contribution in [1.82, 2.24) is 0 Å². The van der Waals surface area contributed by atoms with Gasteiger partial charge in [0.2, 0.25) is 0 Å². The number of hydrogen-bond donors (Lipinski definition) is 0. The monoisotopic (exact) mass is 496 g/mol. The summed E-state index contributed by atoms with van der Waals surface area (Å²) in [6, 6.07) is 14.3. The zero-order valence-electron chi connectivity index (χ0n) is 21.5. The van der Waals surface area contributed by atoms with Crippen LogP contribution in [0.5, 0.6) is 0 Å². The normalized spacial score (nSPS) is 18.4. The standard InChI is InChI=1S/C28H36N2O6/c1-19(2)18-29(23-11-13-24(14-12-23)36-28(32)21-8-6-5-7-9-21)25-15-10-22(17-26(25)30(33)34)20(3)16-27(31)35-4/h5-10,15,17,19-20,23-24H,11-14,16,18H2,1-4H3/t20-,23?,24?/m1/s1. The SMILES string of the molecule is COC(=O)C[C@@H](C)c1ccc(N(CC(C)C)C2CCC(OC(=O)c3ccccc3)CC2)c([N+](=O)[O-])c1. The van der Waals surface area contributed by atoms with Crippen LogP contribution in [-0.4, -0.2) is 42.7 Å². The highest BCUT2D eigenvalue weighted by molar-refractivity contribution is 5.89. The highest BCUT2D eigenvalue weighted by Crippen LogP contribution is 2.37. The van der Waals surface area contributed by atoms with Crippen LogP contribution >= 0.6 is 0 Å². The first-order valence-electron chi connectivity index (χ1n) is 12.6. The van der Waals surface area contributed by atoms with E-state index in [2.05, 4.69) is 18.7 Å². The average Bonchev–Trinajstić information content (AvgIpc) is 2.87. The maximum Gasteiger partial charge on any atom is 0.338 e. The third-order valence-electron chi connectivity index (χ3n) is 6.70. The molecule has 2 aromatic rings. The summed E-state index contributed by atoms with van der Waals surface area (Å²) in [5, 5.41) is 12.1. The number of hydrogen-bond acceptors (Lipinski definition) is 7. The molecule has 0 N–H and O–H groups in total. The van der Waals surface area contributed by atoms with Gasteiger partial charge in [0.05, 0.1) is 24.0 Å². The van der Waals surface area contributed by atoms with Crippen molar-refractivity contribution in [3.05, 3.63) is 69.8 Å². The Hall–Kier alpha value is -3.42. The summed E-state index contributed by atoms with van der Waals surface area (Å²) in [7, 11) is 1.34. The van der Waals surface area contributed by atoms with Gasteiger partial charge >= 0.3 is 11.9 Å². The largest absolute Gasteiger partial charge is 0.469 e. The number of rotatable bonds is 10. The predicted octanol–water partition coefficient (Wildman–Crippen LogP) is 5.89. The maximum absolute atomic E-state index is 12.5. The zero-order valence-corrected chi connectivity index (χ0v) is 21.5. The van der Waals surface area contributed by atoms with Crippen LogP contribution in [0.4, 0.5) is 11.4 Å². The highest BCUT2D eigenvalue weighted by Gasteiger charge is 2.32. The summed E-state index contributed by atoms with van der Waals surface area (Å²) in [6.45, 7) is 6.73. The van der Waals surface area contributed by atoms with Crippen LogP contribution in [0.15, 0.2) is 48.5 Å². The summed E-state index contributed by atoms with van der Waals surface area (Å²) >= 11 is 0. The molecule has 0 unspecified atom stereocenters. The molecule has 0 radical (unpaired) electrons. The van der Waals surface area contributed by atoms with Gasteiger partial charge in [-0.15, -0.1) is 0 Å². The molecule has 0 aromatic heterocycles. The topological polar surface area (TPSA) is 99.0 Å². The third-order valence-corrected chi connectivity index (χ3v) is 6.70. The minimum atomic E-state index is -0.347. The van der Waals surface area contributed by atoms with Crippen LogP contribution in [-0.2, 0) is 14.3 Å². The number of anilines is 1. The van der Waals surface area contributed by atoms with Crippen LogP contribution < -0.4 is 4.90 Å². The van der Waals surface area contributed by atoms with Gasteiger partial charge in [-0.3, -0.25) is 14.9 Å². The second-order valence-corrected chi connectivity index (χ2v) is 9.93. The van der Waals surface area contributed by atoms with Gasteiger partial charge < -0.3 is 14.4 Å². The van der Waals surface area contributed by atoms with Gasteiger partial charge in [0.25, 0.3) is 5.69 Å². The minimum Gasteiger partial charge on any atom is -0.469 e. The maximum atomic E-state index is 12.5. The van der Waals surface area contributed by atoms with E-state index in [4.69, 9.17) is 9.47 Å². The van der Waals surface area contributed by atoms with Crippen molar-refractivity contribution in [2.75, 3.05) is 18.6 Å². The summed E-state index contributed by atoms with van der Waals surface area (Å²) in [4.78, 5) is 38.0. The Bertz CT molecular complexity index is 1050. The number of nitrogens with zero attached hydrogens (tertiary/aromatic N) is 2. The molecule has 8 heteroatoms. The fourth-order valence-corrected chi connectivity index (χ4v) is 4.79. The number of methoxy groups -OCH3 is 1. The molecule has 1 aliphatic carbocycles. The third kappa shape index (κ3) is 7.06. The second-order valence-electron chi connectivity index (χ2n) is 9.93. The molecule has 36 heavy (non-hydrogen) atoms. The number of benzene rings is 2. The second kappa shape index (κ2) is 12.5. The van der Waals surface area contributed by atoms with E-state index < -0.39 is 0 Å². The first kappa shape index (κ1) is 27.2. The van der Waals surface area contributed by atoms with E-state index in [-0.39, 0.29) is 47.0 Å². The Morgan fingerprint density at radius 2 is 1.72 bits per heavy atom. The molecule has 0 spiro atoms. The molecule has 0 saturated heterocycles. The first-order chi connectivity index (χ1) is 17.2. The van der Waals surface area contributed by atoms with Gasteiger partial charge in [-0.1, -0.05) is 45.0 Å². The van der Waals surface area contributed by atoms with E-state index in [1.54, 1.807) is 18.2 Å². The predicted molar refractivity (Wildman–Crippen MR) is 138 cm³/mol. The Labute approximate surface area is 212 Å². The highest BCUT2D eigenvalue weighted by atomic mass is 16.6. The lowest BCUT2D eigenvalue weighted by atomic mass is 9.90. The van der Waals surface area contributed by atoms with Crippen molar-refractivity contribution >= 4 is 23.3 Å². The summed E-state index contributed by atoms with van der Waals surface area (Å²) in [6.07, 6.45) is 2.97. The molecule has 0 heterocycles. The Morgan fingerprint density at radius 1 is 1.06 bits per heavy atom. The van der Waals surface area contributed by atoms with Crippen molar-refractivity contribution in [1.29, 1.82) is 0 Å². The van der Waals surface area contributed by atoms with E-state index in [1.807, 2.05) is 37.3 Å². The summed E-state index contributed by atoms with van der Waals surface area (Å²) < 4.78 is 10.5. The van der Waals surface area contributed by atoms with Crippen molar-refractivity contribution < 1.29 is 24.0 Å². The molecular formula is C28H36N2O6. The van der Waals surface area contributed by atoms with Gasteiger partial charge in [0.1, 0.15) is 11.8 Å². The summed E-state index contributed by atoms with van der Waals surface area (Å²) in [5.74, 6) is -0.555. The smallest absolute Gasteiger partial charge is 0.338 e. The van der Waals surface area contributed by atoms with Gasteiger partial charge in [-0.05, 0) is 61.3 Å². The fraction of sp³-hybridized carbons (Fsp3) is 0.500. The molecular weight excluding hydrogens is 460 g/mol. The minimum absolute atomic E-state index is 0.0440. The lowest BCUT2D eigenvalue weighted by Crippen LogP contribution is -2.42. The van der Waals surface area contributed by atoms with E-state index in [0.717, 1.165) is 18.4 Å². The van der Waals surface area contributed by atoms with Gasteiger partial charge in [-0.2, -0.15) is 0 Å². The lowest BCUT2D eigenvalue weighted by Gasteiger charge is -2.39. The zero-order chi connectivity index (χ0) is 26.2. The van der Waals surface area contributed by atoms with Gasteiger partial charge in [0.15, 0.2) is 0 Å². The Morgan fingerprint density at radius 3 is 2.31 bits per heavy atom. The molecule has 1 aliphatic rings. The van der Waals surface area contributed by atoms with E-state index >= 15 is 0 Å². The van der Waals surface area contributed by atoms with E-state index in [0.29, 0.717) is 36.6 Å². The van der Waals surface area contributed by atoms with Crippen LogP contribution in [0, 0.1) is 16.0 Å². The number of nitro benzene ring substituents is 1. The molecule has 1 atom stereocenters. The van der Waals surface area contributed by atoms with Gasteiger partial charge in [-0.25, -0.2) is 4.79 Å².